The van der Waals surface area contributed by atoms with Gasteiger partial charge in [-0.15, -0.1) is 0 Å². The summed E-state index contributed by atoms with van der Waals surface area (Å²) in [6, 6.07) is 9.38. The molecule has 0 heterocycles. The highest BCUT2D eigenvalue weighted by molar-refractivity contribution is 5.95. The van der Waals surface area contributed by atoms with Gasteiger partial charge >= 0.3 is 0 Å². The first kappa shape index (κ1) is 12.6. The molecule has 96 valence electrons. The van der Waals surface area contributed by atoms with Crippen LogP contribution in [0.15, 0.2) is 30.3 Å². The van der Waals surface area contributed by atoms with Crippen LogP contribution in [0.25, 0.3) is 10.8 Å². The molecule has 3 heteroatoms. The fourth-order valence-corrected chi connectivity index (χ4v) is 1.96. The Morgan fingerprint density at radius 3 is 2.56 bits per heavy atom. The van der Waals surface area contributed by atoms with Gasteiger partial charge < -0.3 is 14.6 Å². The number of phenols is 1. The second-order valence-electron chi connectivity index (χ2n) is 4.17. The zero-order valence-corrected chi connectivity index (χ0v) is 10.8. The molecular weight excluding hydrogens is 228 g/mol. The average Bonchev–Trinajstić information content (AvgIpc) is 2.39. The highest BCUT2D eigenvalue weighted by Crippen LogP contribution is 2.40. The second kappa shape index (κ2) is 5.63. The molecule has 0 saturated heterocycles. The highest BCUT2D eigenvalue weighted by atomic mass is 16.5. The zero-order chi connectivity index (χ0) is 13.0. The molecule has 2 aromatic carbocycles. The first-order chi connectivity index (χ1) is 8.77. The van der Waals surface area contributed by atoms with Crippen molar-refractivity contribution in [2.24, 2.45) is 0 Å². The third-order valence-electron chi connectivity index (χ3n) is 2.90. The predicted octanol–water partition coefficient (Wildman–Crippen LogP) is 3.73. The molecule has 0 bridgehead atoms. The normalized spacial score (nSPS) is 10.6. The van der Waals surface area contributed by atoms with Gasteiger partial charge in [-0.3, -0.25) is 0 Å². The van der Waals surface area contributed by atoms with Gasteiger partial charge in [-0.2, -0.15) is 0 Å². The van der Waals surface area contributed by atoms with E-state index in [4.69, 9.17) is 9.47 Å². The summed E-state index contributed by atoms with van der Waals surface area (Å²) in [4.78, 5) is 0. The van der Waals surface area contributed by atoms with Crippen molar-refractivity contribution in [3.05, 3.63) is 30.3 Å². The number of ether oxygens (including phenoxy) is 2. The van der Waals surface area contributed by atoms with E-state index in [1.54, 1.807) is 13.2 Å². The molecule has 0 spiro atoms. The standard InChI is InChI=1S/C15H18O3/c1-3-4-9-18-14-10-13(16)15(17-2)12-8-6-5-7-11(12)14/h5-8,10,16H,3-4,9H2,1-2H3. The summed E-state index contributed by atoms with van der Waals surface area (Å²) in [7, 11) is 1.55. The number of phenolic OH excluding ortho intramolecular Hbond substituents is 1. The lowest BCUT2D eigenvalue weighted by atomic mass is 10.1. The van der Waals surface area contributed by atoms with Crippen LogP contribution < -0.4 is 9.47 Å². The number of methoxy groups -OCH3 is 1. The second-order valence-corrected chi connectivity index (χ2v) is 4.17. The van der Waals surface area contributed by atoms with Crippen molar-refractivity contribution < 1.29 is 14.6 Å². The lowest BCUT2D eigenvalue weighted by molar-refractivity contribution is 0.309. The van der Waals surface area contributed by atoms with Crippen molar-refractivity contribution in [3.63, 3.8) is 0 Å². The highest BCUT2D eigenvalue weighted by Gasteiger charge is 2.12. The van der Waals surface area contributed by atoms with Crippen molar-refractivity contribution in [3.8, 4) is 17.2 Å². The van der Waals surface area contributed by atoms with Crippen LogP contribution in [-0.2, 0) is 0 Å². The molecule has 0 radical (unpaired) electrons. The molecule has 0 saturated carbocycles. The lowest BCUT2D eigenvalue weighted by Crippen LogP contribution is -1.98. The molecule has 0 aromatic heterocycles. The Hall–Kier alpha value is -1.90. The SMILES string of the molecule is CCCCOc1cc(O)c(OC)c2ccccc12. The number of fused-ring (bicyclic) bond motifs is 1. The van der Waals surface area contributed by atoms with Gasteiger partial charge in [-0.25, -0.2) is 0 Å². The van der Waals surface area contributed by atoms with E-state index in [1.807, 2.05) is 24.3 Å². The van der Waals surface area contributed by atoms with Crippen LogP contribution in [0, 0.1) is 0 Å². The van der Waals surface area contributed by atoms with Crippen LogP contribution in [0.1, 0.15) is 19.8 Å². The lowest BCUT2D eigenvalue weighted by Gasteiger charge is -2.13. The van der Waals surface area contributed by atoms with E-state index in [2.05, 4.69) is 6.92 Å². The first-order valence-corrected chi connectivity index (χ1v) is 6.19. The van der Waals surface area contributed by atoms with Gasteiger partial charge in [-0.1, -0.05) is 37.6 Å². The number of benzene rings is 2. The summed E-state index contributed by atoms with van der Waals surface area (Å²) in [5, 5.41) is 11.8. The molecule has 0 unspecified atom stereocenters. The molecule has 1 N–H and O–H groups in total. The Bertz CT molecular complexity index is 534. The van der Waals surface area contributed by atoms with E-state index < -0.39 is 0 Å². The monoisotopic (exact) mass is 246 g/mol. The maximum absolute atomic E-state index is 9.94. The fraction of sp³-hybridized carbons (Fsp3) is 0.333. The third-order valence-corrected chi connectivity index (χ3v) is 2.90. The van der Waals surface area contributed by atoms with Crippen LogP contribution in [0.3, 0.4) is 0 Å². The summed E-state index contributed by atoms with van der Waals surface area (Å²) in [5.41, 5.74) is 0. The van der Waals surface area contributed by atoms with E-state index >= 15 is 0 Å². The van der Waals surface area contributed by atoms with E-state index in [1.165, 1.54) is 0 Å². The average molecular weight is 246 g/mol. The molecule has 0 atom stereocenters. The van der Waals surface area contributed by atoms with E-state index in [-0.39, 0.29) is 5.75 Å². The van der Waals surface area contributed by atoms with Gasteiger partial charge in [0.15, 0.2) is 11.5 Å². The van der Waals surface area contributed by atoms with Crippen molar-refractivity contribution in [1.82, 2.24) is 0 Å². The van der Waals surface area contributed by atoms with Crippen LogP contribution in [-0.4, -0.2) is 18.8 Å². The molecule has 0 aliphatic rings. The third kappa shape index (κ3) is 2.35. The maximum atomic E-state index is 9.94. The topological polar surface area (TPSA) is 38.7 Å². The fourth-order valence-electron chi connectivity index (χ4n) is 1.96. The zero-order valence-electron chi connectivity index (χ0n) is 10.8. The van der Waals surface area contributed by atoms with Crippen molar-refractivity contribution in [2.45, 2.75) is 19.8 Å². The summed E-state index contributed by atoms with van der Waals surface area (Å²) in [5.74, 6) is 1.31. The molecule has 2 aromatic rings. The van der Waals surface area contributed by atoms with Gasteiger partial charge in [0, 0.05) is 16.8 Å². The molecule has 3 nitrogen and oxygen atoms in total. The largest absolute Gasteiger partial charge is 0.504 e. The summed E-state index contributed by atoms with van der Waals surface area (Å²) >= 11 is 0. The predicted molar refractivity (Wildman–Crippen MR) is 72.6 cm³/mol. The van der Waals surface area contributed by atoms with Crippen molar-refractivity contribution >= 4 is 10.8 Å². The van der Waals surface area contributed by atoms with Gasteiger partial charge in [0.2, 0.25) is 0 Å². The molecule has 0 aliphatic carbocycles. The number of hydrogen-bond acceptors (Lipinski definition) is 3. The maximum Gasteiger partial charge on any atom is 0.168 e. The minimum atomic E-state index is 0.114. The molecule has 18 heavy (non-hydrogen) atoms. The van der Waals surface area contributed by atoms with Gasteiger partial charge in [0.1, 0.15) is 5.75 Å². The van der Waals surface area contributed by atoms with E-state index in [0.717, 1.165) is 23.6 Å². The molecular formula is C15H18O3. The summed E-state index contributed by atoms with van der Waals surface area (Å²) in [6.45, 7) is 2.78. The van der Waals surface area contributed by atoms with Crippen LogP contribution >= 0.6 is 0 Å². The Morgan fingerprint density at radius 1 is 1.17 bits per heavy atom. The Balaban J connectivity index is 2.47. The Kier molecular flexibility index (Phi) is 3.92. The molecule has 0 amide bonds. The number of unbranched alkanes of at least 4 members (excludes halogenated alkanes) is 1. The summed E-state index contributed by atoms with van der Waals surface area (Å²) in [6.07, 6.45) is 2.08. The first-order valence-electron chi connectivity index (χ1n) is 6.19. The van der Waals surface area contributed by atoms with E-state index in [0.29, 0.717) is 18.1 Å². The number of hydrogen-bond donors (Lipinski definition) is 1. The Labute approximate surface area is 107 Å². The minimum absolute atomic E-state index is 0.114. The molecule has 2 rings (SSSR count). The number of aromatic hydroxyl groups is 1. The van der Waals surface area contributed by atoms with Crippen LogP contribution in [0.2, 0.25) is 0 Å². The van der Waals surface area contributed by atoms with Gasteiger partial charge in [-0.05, 0) is 6.42 Å². The van der Waals surface area contributed by atoms with E-state index in [9.17, 15) is 5.11 Å². The number of rotatable bonds is 5. The Morgan fingerprint density at radius 2 is 1.89 bits per heavy atom. The van der Waals surface area contributed by atoms with Crippen molar-refractivity contribution in [1.29, 1.82) is 0 Å². The quantitative estimate of drug-likeness (QED) is 0.817. The molecule has 0 fully saturated rings. The van der Waals surface area contributed by atoms with Crippen LogP contribution in [0.5, 0.6) is 17.2 Å². The summed E-state index contributed by atoms with van der Waals surface area (Å²) < 4.78 is 11.0. The van der Waals surface area contributed by atoms with Gasteiger partial charge in [0.25, 0.3) is 0 Å². The minimum Gasteiger partial charge on any atom is -0.504 e. The smallest absolute Gasteiger partial charge is 0.168 e. The van der Waals surface area contributed by atoms with Crippen molar-refractivity contribution in [2.75, 3.05) is 13.7 Å². The van der Waals surface area contributed by atoms with Crippen LogP contribution in [0.4, 0.5) is 0 Å². The van der Waals surface area contributed by atoms with Gasteiger partial charge in [0.05, 0.1) is 13.7 Å². The molecule has 0 aliphatic heterocycles.